The number of carbonyl (C=O) groups is 1. The van der Waals surface area contributed by atoms with Crippen molar-refractivity contribution in [2.45, 2.75) is 19.9 Å². The summed E-state index contributed by atoms with van der Waals surface area (Å²) >= 11 is 1.34. The number of anilines is 1. The summed E-state index contributed by atoms with van der Waals surface area (Å²) in [4.78, 5) is 21.6. The summed E-state index contributed by atoms with van der Waals surface area (Å²) < 4.78 is 12.5. The maximum absolute atomic E-state index is 12.7. The first kappa shape index (κ1) is 19.8. The first-order valence-electron chi connectivity index (χ1n) is 9.32. The van der Waals surface area contributed by atoms with Crippen LogP contribution in [-0.4, -0.2) is 39.9 Å². The average molecular weight is 423 g/mol. The van der Waals surface area contributed by atoms with E-state index < -0.39 is 0 Å². The Labute approximate surface area is 177 Å². The molecule has 0 radical (unpaired) electrons. The quantitative estimate of drug-likeness (QED) is 0.494. The van der Waals surface area contributed by atoms with E-state index in [4.69, 9.17) is 9.47 Å². The van der Waals surface area contributed by atoms with Crippen molar-refractivity contribution in [3.63, 3.8) is 0 Å². The van der Waals surface area contributed by atoms with Crippen LogP contribution in [0.3, 0.4) is 0 Å². The number of thiazole rings is 1. The second-order valence-electron chi connectivity index (χ2n) is 6.88. The number of nitrogens with zero attached hydrogens (tertiary/aromatic N) is 4. The van der Waals surface area contributed by atoms with Crippen molar-refractivity contribution in [1.29, 1.82) is 0 Å². The van der Waals surface area contributed by atoms with Gasteiger partial charge in [-0.05, 0) is 32.0 Å². The third kappa shape index (κ3) is 3.71. The molecule has 1 N–H and O–H groups in total. The van der Waals surface area contributed by atoms with Crippen molar-refractivity contribution >= 4 is 33.4 Å². The van der Waals surface area contributed by atoms with Gasteiger partial charge in [0.2, 0.25) is 0 Å². The van der Waals surface area contributed by atoms with Crippen LogP contribution in [0.25, 0.3) is 22.3 Å². The molecule has 4 rings (SSSR count). The lowest BCUT2D eigenvalue weighted by Gasteiger charge is -2.08. The molecule has 1 aromatic carbocycles. The maximum Gasteiger partial charge on any atom is 0.259 e. The lowest BCUT2D eigenvalue weighted by atomic mass is 10.1. The Morgan fingerprint density at radius 2 is 2.00 bits per heavy atom. The molecule has 1 amide bonds. The molecule has 30 heavy (non-hydrogen) atoms. The zero-order valence-corrected chi connectivity index (χ0v) is 17.9. The molecule has 0 spiro atoms. The fourth-order valence-electron chi connectivity index (χ4n) is 3.08. The molecule has 154 valence electrons. The van der Waals surface area contributed by atoms with Gasteiger partial charge in [0.25, 0.3) is 5.91 Å². The van der Waals surface area contributed by atoms with E-state index in [0.717, 1.165) is 16.6 Å². The van der Waals surface area contributed by atoms with Gasteiger partial charge in [-0.1, -0.05) is 0 Å². The summed E-state index contributed by atoms with van der Waals surface area (Å²) in [6.07, 6.45) is 3.27. The Bertz CT molecular complexity index is 1210. The van der Waals surface area contributed by atoms with Crippen LogP contribution < -0.4 is 14.8 Å². The Balaban J connectivity index is 1.55. The molecule has 3 heterocycles. The van der Waals surface area contributed by atoms with E-state index in [-0.39, 0.29) is 11.9 Å². The molecule has 8 nitrogen and oxygen atoms in total. The summed E-state index contributed by atoms with van der Waals surface area (Å²) in [5.74, 6) is 1.07. The lowest BCUT2D eigenvalue weighted by Crippen LogP contribution is -2.12. The number of aromatic nitrogens is 4. The number of ether oxygens (including phenoxy) is 2. The number of carbonyl (C=O) groups excluding carboxylic acids is 1. The highest BCUT2D eigenvalue weighted by atomic mass is 32.1. The van der Waals surface area contributed by atoms with Crippen LogP contribution in [0.4, 0.5) is 5.13 Å². The third-order valence-corrected chi connectivity index (χ3v) is 5.35. The molecule has 0 bridgehead atoms. The number of hydrogen-bond acceptors (Lipinski definition) is 7. The number of benzene rings is 1. The molecule has 0 saturated heterocycles. The Hall–Kier alpha value is -3.46. The number of pyridine rings is 1. The SMILES string of the molecule is COc1ccc(-c2csc(NC(=O)c3cnc4c(cnn4C(C)C)c3)n2)c(OC)c1. The minimum atomic E-state index is -0.274. The second-order valence-corrected chi connectivity index (χ2v) is 7.74. The molecule has 0 atom stereocenters. The molecule has 4 aromatic rings. The van der Waals surface area contributed by atoms with Gasteiger partial charge in [-0.3, -0.25) is 10.1 Å². The second kappa shape index (κ2) is 8.11. The van der Waals surface area contributed by atoms with Crippen LogP contribution >= 0.6 is 11.3 Å². The predicted octanol–water partition coefficient (Wildman–Crippen LogP) is 4.41. The van der Waals surface area contributed by atoms with Crippen molar-refractivity contribution in [1.82, 2.24) is 19.7 Å². The zero-order valence-electron chi connectivity index (χ0n) is 17.0. The van der Waals surface area contributed by atoms with E-state index in [2.05, 4.69) is 20.4 Å². The van der Waals surface area contributed by atoms with Gasteiger partial charge in [0, 0.05) is 34.6 Å². The van der Waals surface area contributed by atoms with Gasteiger partial charge in [-0.2, -0.15) is 5.10 Å². The zero-order chi connectivity index (χ0) is 21.3. The number of amides is 1. The average Bonchev–Trinajstić information content (AvgIpc) is 3.39. The molecule has 3 aromatic heterocycles. The molecular weight excluding hydrogens is 402 g/mol. The summed E-state index contributed by atoms with van der Waals surface area (Å²) in [7, 11) is 3.20. The first-order valence-corrected chi connectivity index (χ1v) is 10.2. The Kier molecular flexibility index (Phi) is 5.37. The van der Waals surface area contributed by atoms with Gasteiger partial charge in [-0.25, -0.2) is 14.6 Å². The Morgan fingerprint density at radius 3 is 2.73 bits per heavy atom. The summed E-state index contributed by atoms with van der Waals surface area (Å²) in [6, 6.07) is 7.49. The number of fused-ring (bicyclic) bond motifs is 1. The number of hydrogen-bond donors (Lipinski definition) is 1. The van der Waals surface area contributed by atoms with Gasteiger partial charge < -0.3 is 9.47 Å². The topological polar surface area (TPSA) is 91.2 Å². The van der Waals surface area contributed by atoms with Gasteiger partial charge >= 0.3 is 0 Å². The molecule has 0 fully saturated rings. The van der Waals surface area contributed by atoms with Crippen LogP contribution in [0.1, 0.15) is 30.2 Å². The lowest BCUT2D eigenvalue weighted by molar-refractivity contribution is 0.102. The van der Waals surface area contributed by atoms with E-state index >= 15 is 0 Å². The summed E-state index contributed by atoms with van der Waals surface area (Å²) in [6.45, 7) is 4.07. The highest BCUT2D eigenvalue weighted by Gasteiger charge is 2.15. The van der Waals surface area contributed by atoms with Gasteiger partial charge in [0.15, 0.2) is 10.8 Å². The normalized spacial score (nSPS) is 11.1. The minimum Gasteiger partial charge on any atom is -0.497 e. The number of methoxy groups -OCH3 is 2. The highest BCUT2D eigenvalue weighted by Crippen LogP contribution is 2.35. The van der Waals surface area contributed by atoms with Crippen molar-refractivity contribution in [2.24, 2.45) is 0 Å². The monoisotopic (exact) mass is 423 g/mol. The summed E-state index contributed by atoms with van der Waals surface area (Å²) in [5, 5.41) is 10.4. The molecular formula is C21H21N5O3S. The van der Waals surface area contributed by atoms with E-state index in [0.29, 0.717) is 27.9 Å². The molecule has 0 unspecified atom stereocenters. The van der Waals surface area contributed by atoms with Crippen LogP contribution in [0.2, 0.25) is 0 Å². The highest BCUT2D eigenvalue weighted by molar-refractivity contribution is 7.14. The van der Waals surface area contributed by atoms with Crippen LogP contribution in [0.5, 0.6) is 11.5 Å². The molecule has 0 saturated carbocycles. The van der Waals surface area contributed by atoms with Gasteiger partial charge in [-0.15, -0.1) is 11.3 Å². The van der Waals surface area contributed by atoms with E-state index in [1.165, 1.54) is 11.3 Å². The summed E-state index contributed by atoms with van der Waals surface area (Å²) in [5.41, 5.74) is 2.73. The van der Waals surface area contributed by atoms with Crippen molar-refractivity contribution in [3.05, 3.63) is 47.6 Å². The van der Waals surface area contributed by atoms with Crippen LogP contribution in [0.15, 0.2) is 42.0 Å². The fraction of sp³-hybridized carbons (Fsp3) is 0.238. The van der Waals surface area contributed by atoms with E-state index in [1.54, 1.807) is 38.7 Å². The molecule has 0 aliphatic heterocycles. The molecule has 9 heteroatoms. The van der Waals surface area contributed by atoms with E-state index in [1.807, 2.05) is 36.0 Å². The van der Waals surface area contributed by atoms with Crippen molar-refractivity contribution in [2.75, 3.05) is 19.5 Å². The molecule has 0 aliphatic rings. The Morgan fingerprint density at radius 1 is 1.17 bits per heavy atom. The van der Waals surface area contributed by atoms with E-state index in [9.17, 15) is 4.79 Å². The largest absolute Gasteiger partial charge is 0.497 e. The van der Waals surface area contributed by atoms with Gasteiger partial charge in [0.1, 0.15) is 11.5 Å². The smallest absolute Gasteiger partial charge is 0.259 e. The van der Waals surface area contributed by atoms with Crippen LogP contribution in [-0.2, 0) is 0 Å². The van der Waals surface area contributed by atoms with Crippen molar-refractivity contribution in [3.8, 4) is 22.8 Å². The number of rotatable bonds is 6. The molecule has 0 aliphatic carbocycles. The maximum atomic E-state index is 12.7. The first-order chi connectivity index (χ1) is 14.5. The minimum absolute atomic E-state index is 0.193. The van der Waals surface area contributed by atoms with Gasteiger partial charge in [0.05, 0.1) is 31.7 Å². The fourth-order valence-corrected chi connectivity index (χ4v) is 3.78. The van der Waals surface area contributed by atoms with Crippen molar-refractivity contribution < 1.29 is 14.3 Å². The van der Waals surface area contributed by atoms with Crippen LogP contribution in [0, 0.1) is 0 Å². The predicted molar refractivity (Wildman–Crippen MR) is 117 cm³/mol. The standard InChI is InChI=1S/C21H21N5O3S/c1-12(2)26-19-13(10-23-26)7-14(9-22-19)20(27)25-21-24-17(11-30-21)16-6-5-15(28-3)8-18(16)29-4/h5-12H,1-4H3,(H,24,25,27). The number of nitrogens with one attached hydrogen (secondary N) is 1. The third-order valence-electron chi connectivity index (χ3n) is 4.59.